The summed E-state index contributed by atoms with van der Waals surface area (Å²) in [5.74, 6) is 0.894. The molecule has 0 spiro atoms. The molecule has 1 aromatic rings. The Morgan fingerprint density at radius 1 is 1.45 bits per heavy atom. The van der Waals surface area contributed by atoms with Gasteiger partial charge in [0.2, 0.25) is 5.91 Å². The summed E-state index contributed by atoms with van der Waals surface area (Å²) in [5.41, 5.74) is 6.54. The van der Waals surface area contributed by atoms with E-state index in [1.165, 1.54) is 0 Å². The summed E-state index contributed by atoms with van der Waals surface area (Å²) in [6, 6.07) is 7.74. The third kappa shape index (κ3) is 2.96. The number of carbonyl (C=O) groups is 1. The van der Waals surface area contributed by atoms with Gasteiger partial charge in [-0.2, -0.15) is 0 Å². The zero-order valence-corrected chi connectivity index (χ0v) is 12.3. The molecule has 0 aliphatic heterocycles. The van der Waals surface area contributed by atoms with Crippen LogP contribution in [0.25, 0.3) is 0 Å². The highest BCUT2D eigenvalue weighted by atomic mass is 16.5. The van der Waals surface area contributed by atoms with Gasteiger partial charge in [-0.15, -0.1) is 0 Å². The van der Waals surface area contributed by atoms with Crippen molar-refractivity contribution < 1.29 is 9.53 Å². The maximum atomic E-state index is 12.5. The van der Waals surface area contributed by atoms with Gasteiger partial charge in [0.15, 0.2) is 0 Å². The molecule has 0 heterocycles. The summed E-state index contributed by atoms with van der Waals surface area (Å²) in [5, 5.41) is 3.11. The SMILES string of the molecule is COc1cccc([C@@H](C)NC(=O)C2(CN)CCCC2)c1. The van der Waals surface area contributed by atoms with Crippen molar-refractivity contribution >= 4 is 5.91 Å². The van der Waals surface area contributed by atoms with Gasteiger partial charge in [0.1, 0.15) is 5.75 Å². The summed E-state index contributed by atoms with van der Waals surface area (Å²) < 4.78 is 5.22. The minimum Gasteiger partial charge on any atom is -0.497 e. The monoisotopic (exact) mass is 276 g/mol. The molecule has 0 bridgehead atoms. The standard InChI is InChI=1S/C16H24N2O2/c1-12(13-6-5-7-14(10-13)20-2)18-15(19)16(11-17)8-3-4-9-16/h5-7,10,12H,3-4,8-9,11,17H2,1-2H3,(H,18,19)/t12-/m1/s1. The Kier molecular flexibility index (Phi) is 4.65. The van der Waals surface area contributed by atoms with E-state index < -0.39 is 0 Å². The topological polar surface area (TPSA) is 64.3 Å². The molecule has 1 atom stereocenters. The van der Waals surface area contributed by atoms with Crippen LogP contribution in [0.2, 0.25) is 0 Å². The molecule has 3 N–H and O–H groups in total. The number of hydrogen-bond acceptors (Lipinski definition) is 3. The first-order valence-electron chi connectivity index (χ1n) is 7.26. The Hall–Kier alpha value is -1.55. The van der Waals surface area contributed by atoms with Crippen molar-refractivity contribution in [3.63, 3.8) is 0 Å². The van der Waals surface area contributed by atoms with Crippen molar-refractivity contribution in [1.29, 1.82) is 0 Å². The minimum atomic E-state index is -0.354. The first-order valence-corrected chi connectivity index (χ1v) is 7.26. The fourth-order valence-electron chi connectivity index (χ4n) is 2.92. The number of methoxy groups -OCH3 is 1. The van der Waals surface area contributed by atoms with Gasteiger partial charge in [-0.25, -0.2) is 0 Å². The smallest absolute Gasteiger partial charge is 0.227 e. The van der Waals surface area contributed by atoms with Crippen LogP contribution in [0.3, 0.4) is 0 Å². The van der Waals surface area contributed by atoms with Crippen molar-refractivity contribution in [3.8, 4) is 5.75 Å². The number of nitrogens with one attached hydrogen (secondary N) is 1. The third-order valence-corrected chi connectivity index (χ3v) is 4.37. The molecule has 0 radical (unpaired) electrons. The van der Waals surface area contributed by atoms with E-state index in [-0.39, 0.29) is 17.4 Å². The van der Waals surface area contributed by atoms with E-state index in [2.05, 4.69) is 5.32 Å². The lowest BCUT2D eigenvalue weighted by molar-refractivity contribution is -0.131. The molecule has 4 nitrogen and oxygen atoms in total. The summed E-state index contributed by atoms with van der Waals surface area (Å²) in [7, 11) is 1.64. The number of ether oxygens (including phenoxy) is 1. The Morgan fingerprint density at radius 3 is 2.75 bits per heavy atom. The van der Waals surface area contributed by atoms with E-state index in [4.69, 9.17) is 10.5 Å². The predicted molar refractivity (Wildman–Crippen MR) is 79.5 cm³/mol. The number of amides is 1. The highest BCUT2D eigenvalue weighted by molar-refractivity contribution is 5.83. The highest BCUT2D eigenvalue weighted by Gasteiger charge is 2.40. The van der Waals surface area contributed by atoms with Crippen molar-refractivity contribution in [3.05, 3.63) is 29.8 Å². The van der Waals surface area contributed by atoms with Gasteiger partial charge in [-0.3, -0.25) is 4.79 Å². The second kappa shape index (κ2) is 6.27. The first-order chi connectivity index (χ1) is 9.61. The molecular weight excluding hydrogens is 252 g/mol. The Morgan fingerprint density at radius 2 is 2.15 bits per heavy atom. The van der Waals surface area contributed by atoms with Crippen LogP contribution in [0.1, 0.15) is 44.2 Å². The van der Waals surface area contributed by atoms with Gasteiger partial charge in [0.25, 0.3) is 0 Å². The van der Waals surface area contributed by atoms with Crippen LogP contribution in [0.15, 0.2) is 24.3 Å². The molecular formula is C16H24N2O2. The number of nitrogens with two attached hydrogens (primary N) is 1. The maximum Gasteiger partial charge on any atom is 0.227 e. The molecule has 0 saturated heterocycles. The Balaban J connectivity index is 2.06. The highest BCUT2D eigenvalue weighted by Crippen LogP contribution is 2.37. The summed E-state index contributed by atoms with van der Waals surface area (Å²) in [4.78, 5) is 12.5. The molecule has 1 amide bonds. The lowest BCUT2D eigenvalue weighted by Gasteiger charge is -2.28. The maximum absolute atomic E-state index is 12.5. The molecule has 4 heteroatoms. The molecule has 1 aliphatic carbocycles. The molecule has 1 fully saturated rings. The lowest BCUT2D eigenvalue weighted by atomic mass is 9.85. The van der Waals surface area contributed by atoms with E-state index in [1.807, 2.05) is 31.2 Å². The van der Waals surface area contributed by atoms with Crippen LogP contribution in [0.4, 0.5) is 0 Å². The van der Waals surface area contributed by atoms with Crippen LogP contribution >= 0.6 is 0 Å². The van der Waals surface area contributed by atoms with Gasteiger partial charge < -0.3 is 15.8 Å². The van der Waals surface area contributed by atoms with Gasteiger partial charge in [-0.05, 0) is 37.5 Å². The average Bonchev–Trinajstić information content (AvgIpc) is 2.97. The number of rotatable bonds is 5. The number of hydrogen-bond donors (Lipinski definition) is 2. The first kappa shape index (κ1) is 14.9. The van der Waals surface area contributed by atoms with E-state index in [0.717, 1.165) is 37.0 Å². The molecule has 0 aromatic heterocycles. The average molecular weight is 276 g/mol. The van der Waals surface area contributed by atoms with Crippen LogP contribution < -0.4 is 15.8 Å². The van der Waals surface area contributed by atoms with Crippen LogP contribution in [0.5, 0.6) is 5.75 Å². The zero-order valence-electron chi connectivity index (χ0n) is 12.3. The van der Waals surface area contributed by atoms with Crippen molar-refractivity contribution in [2.75, 3.05) is 13.7 Å². The van der Waals surface area contributed by atoms with E-state index in [1.54, 1.807) is 7.11 Å². The van der Waals surface area contributed by atoms with Gasteiger partial charge >= 0.3 is 0 Å². The molecule has 2 rings (SSSR count). The lowest BCUT2D eigenvalue weighted by Crippen LogP contribution is -2.44. The Bertz CT molecular complexity index is 467. The number of benzene rings is 1. The van der Waals surface area contributed by atoms with Gasteiger partial charge in [0, 0.05) is 6.54 Å². The summed E-state index contributed by atoms with van der Waals surface area (Å²) in [6.07, 6.45) is 4.00. The molecule has 20 heavy (non-hydrogen) atoms. The molecule has 1 aromatic carbocycles. The molecule has 110 valence electrons. The molecule has 0 unspecified atom stereocenters. The van der Waals surface area contributed by atoms with Crippen LogP contribution in [0, 0.1) is 5.41 Å². The van der Waals surface area contributed by atoms with Crippen molar-refractivity contribution in [2.45, 2.75) is 38.6 Å². The van der Waals surface area contributed by atoms with E-state index >= 15 is 0 Å². The van der Waals surface area contributed by atoms with Crippen LogP contribution in [-0.4, -0.2) is 19.6 Å². The second-order valence-electron chi connectivity index (χ2n) is 5.66. The van der Waals surface area contributed by atoms with E-state index in [0.29, 0.717) is 6.54 Å². The zero-order chi connectivity index (χ0) is 14.6. The summed E-state index contributed by atoms with van der Waals surface area (Å²) in [6.45, 7) is 2.43. The van der Waals surface area contributed by atoms with Crippen molar-refractivity contribution in [2.24, 2.45) is 11.1 Å². The molecule has 1 saturated carbocycles. The largest absolute Gasteiger partial charge is 0.497 e. The quantitative estimate of drug-likeness (QED) is 0.868. The second-order valence-corrected chi connectivity index (χ2v) is 5.66. The van der Waals surface area contributed by atoms with Gasteiger partial charge in [-0.1, -0.05) is 25.0 Å². The fourth-order valence-corrected chi connectivity index (χ4v) is 2.92. The minimum absolute atomic E-state index is 0.0402. The van der Waals surface area contributed by atoms with E-state index in [9.17, 15) is 4.79 Å². The molecule has 1 aliphatic rings. The fraction of sp³-hybridized carbons (Fsp3) is 0.562. The Labute approximate surface area is 120 Å². The predicted octanol–water partition coefficient (Wildman–Crippen LogP) is 2.39. The normalized spacial score (nSPS) is 18.6. The number of carbonyl (C=O) groups excluding carboxylic acids is 1. The summed E-state index contributed by atoms with van der Waals surface area (Å²) >= 11 is 0. The van der Waals surface area contributed by atoms with Crippen LogP contribution in [-0.2, 0) is 4.79 Å². The van der Waals surface area contributed by atoms with Gasteiger partial charge in [0.05, 0.1) is 18.6 Å². The third-order valence-electron chi connectivity index (χ3n) is 4.37. The van der Waals surface area contributed by atoms with Crippen molar-refractivity contribution in [1.82, 2.24) is 5.32 Å².